The molecule has 1 heterocycles. The van der Waals surface area contributed by atoms with Gasteiger partial charge in [-0.05, 0) is 62.3 Å². The van der Waals surface area contributed by atoms with Crippen molar-refractivity contribution in [2.24, 2.45) is 11.7 Å². The molecule has 10 amide bonds. The van der Waals surface area contributed by atoms with E-state index >= 15 is 0 Å². The van der Waals surface area contributed by atoms with Gasteiger partial charge in [-0.2, -0.15) is 11.8 Å². The summed E-state index contributed by atoms with van der Waals surface area (Å²) in [6.45, 7) is 3.43. The van der Waals surface area contributed by atoms with E-state index in [1.165, 1.54) is 26.0 Å². The lowest BCUT2D eigenvalue weighted by Crippen LogP contribution is -2.68. The van der Waals surface area contributed by atoms with Crippen molar-refractivity contribution in [2.45, 2.75) is 190 Å². The van der Waals surface area contributed by atoms with Crippen molar-refractivity contribution in [2.75, 3.05) is 60.1 Å². The molecule has 110 heavy (non-hydrogen) atoms. The van der Waals surface area contributed by atoms with E-state index in [9.17, 15) is 107 Å². The van der Waals surface area contributed by atoms with Crippen molar-refractivity contribution in [1.82, 2.24) is 53.2 Å². The van der Waals surface area contributed by atoms with Gasteiger partial charge in [0.2, 0.25) is 59.1 Å². The van der Waals surface area contributed by atoms with Gasteiger partial charge in [0, 0.05) is 76.1 Å². The van der Waals surface area contributed by atoms with Crippen LogP contribution in [-0.4, -0.2) is 271 Å². The summed E-state index contributed by atoms with van der Waals surface area (Å²) in [4.78, 5) is 211. The van der Waals surface area contributed by atoms with E-state index in [1.54, 1.807) is 39.2 Å². The van der Waals surface area contributed by atoms with E-state index in [1.807, 2.05) is 29.6 Å². The molecule has 0 saturated carbocycles. The van der Waals surface area contributed by atoms with Crippen LogP contribution in [0.5, 0.6) is 17.2 Å². The summed E-state index contributed by atoms with van der Waals surface area (Å²) in [5.41, 5.74) is 7.03. The summed E-state index contributed by atoms with van der Waals surface area (Å²) in [6, 6.07) is -5.45. The first-order chi connectivity index (χ1) is 51.9. The van der Waals surface area contributed by atoms with Crippen molar-refractivity contribution in [3.05, 3.63) is 53.6 Å². The van der Waals surface area contributed by atoms with Crippen molar-refractivity contribution >= 4 is 107 Å². The Labute approximate surface area is 635 Å². The molecule has 1 saturated heterocycles. The average molecular weight is 1580 g/mol. The van der Waals surface area contributed by atoms with Gasteiger partial charge in [-0.1, -0.05) is 32.0 Å². The fraction of sp³-hybridized carbons (Fsp3) is 0.588. The smallest absolute Gasteiger partial charge is 0.328 e. The summed E-state index contributed by atoms with van der Waals surface area (Å²) in [5.74, 6) is -17.8. The number of nitrogens with two attached hydrogens (primary N) is 1. The van der Waals surface area contributed by atoms with E-state index in [0.717, 1.165) is 40.2 Å². The number of aliphatic carboxylic acids is 3. The molecule has 0 bridgehead atoms. The maximum absolute atomic E-state index is 14.6. The number of esters is 3. The second-order valence-electron chi connectivity index (χ2n) is 25.3. The average Bonchev–Trinajstić information content (AvgIpc) is 0.780. The highest BCUT2D eigenvalue weighted by Crippen LogP contribution is 2.33. The molecule has 15 atom stereocenters. The second kappa shape index (κ2) is 47.4. The number of ether oxygens (including phenoxy) is 8. The molecular weight excluding hydrogens is 1480 g/mol. The highest BCUT2D eigenvalue weighted by atomic mass is 32.2. The molecule has 41 nitrogen and oxygen atoms in total. The minimum atomic E-state index is -2.23. The largest absolute Gasteiger partial charge is 0.497 e. The van der Waals surface area contributed by atoms with Crippen molar-refractivity contribution in [3.63, 3.8) is 0 Å². The molecule has 0 aromatic heterocycles. The Hall–Kier alpha value is -10.5. The highest BCUT2D eigenvalue weighted by Gasteiger charge is 2.53. The summed E-state index contributed by atoms with van der Waals surface area (Å²) < 4.78 is 44.3. The van der Waals surface area contributed by atoms with Crippen LogP contribution in [0.4, 0.5) is 0 Å². The summed E-state index contributed by atoms with van der Waals surface area (Å²) >= 11 is 1.52. The van der Waals surface area contributed by atoms with Gasteiger partial charge < -0.3 is 127 Å². The number of carboxylic acid groups (broad SMARTS) is 3. The predicted octanol–water partition coefficient (Wildman–Crippen LogP) is -4.68. The number of thioether (sulfide) groups is 1. The SMILES string of the molecule is COc1ccc(CSCC(NCC(=O)N[C@@H](CO)C(=O)N[C@@H](CO)C(=O)N[C@@H](CCC(N)=O)C(=O)N[C@@H](CC(C)C)C(=O)N[C@@H](CCC(=O)O)C(=O)N[C@@H](CCC(=O)O)C(=O)N[C@H](C(=O)N[C@@H](CO)C(=O)O)[C@@H](C)O[C@H]2O[C@H](COC(C)=O)[C@H](OC(C)=O)[C@H](OC(C)=O)[C@H]2NC(C)=O)c2ccc(OC)cc2OC)cc1. The minimum absolute atomic E-state index is 0.297. The zero-order valence-electron chi connectivity index (χ0n) is 62.1. The van der Waals surface area contributed by atoms with E-state index in [4.69, 9.17) is 43.6 Å². The lowest BCUT2D eigenvalue weighted by atomic mass is 9.95. The van der Waals surface area contributed by atoms with Crippen LogP contribution < -0.4 is 73.1 Å². The van der Waals surface area contributed by atoms with Crippen LogP contribution in [0.15, 0.2) is 42.5 Å². The number of amides is 10. The number of aliphatic hydroxyl groups excluding tert-OH is 3. The number of aliphatic hydroxyl groups is 3. The van der Waals surface area contributed by atoms with Gasteiger partial charge >= 0.3 is 35.8 Å². The van der Waals surface area contributed by atoms with Gasteiger partial charge in [0.15, 0.2) is 18.5 Å². The molecule has 1 unspecified atom stereocenters. The number of carbonyl (C=O) groups excluding carboxylic acids is 13. The maximum Gasteiger partial charge on any atom is 0.328 e. The number of rotatable bonds is 49. The number of benzene rings is 2. The van der Waals surface area contributed by atoms with Gasteiger partial charge in [-0.15, -0.1) is 0 Å². The van der Waals surface area contributed by atoms with Gasteiger partial charge in [0.25, 0.3) is 0 Å². The van der Waals surface area contributed by atoms with E-state index in [0.29, 0.717) is 34.3 Å². The van der Waals surface area contributed by atoms with Crippen LogP contribution in [0.25, 0.3) is 0 Å². The van der Waals surface area contributed by atoms with Gasteiger partial charge in [0.1, 0.15) is 84.3 Å². The number of nitrogens with one attached hydrogen (secondary N) is 10. The Bertz CT molecular complexity index is 3520. The fourth-order valence-corrected chi connectivity index (χ4v) is 11.8. The minimum Gasteiger partial charge on any atom is -0.497 e. The maximum atomic E-state index is 14.6. The summed E-state index contributed by atoms with van der Waals surface area (Å²) in [5, 5.41) is 83.4. The number of primary amides is 1. The fourth-order valence-electron chi connectivity index (χ4n) is 10.7. The van der Waals surface area contributed by atoms with Crippen LogP contribution in [0.2, 0.25) is 0 Å². The molecule has 1 aliphatic heterocycles. The lowest BCUT2D eigenvalue weighted by molar-refractivity contribution is -0.287. The van der Waals surface area contributed by atoms with Crippen molar-refractivity contribution in [3.8, 4) is 17.2 Å². The van der Waals surface area contributed by atoms with Crippen LogP contribution in [0, 0.1) is 5.92 Å². The quantitative estimate of drug-likeness (QED) is 0.0219. The molecule has 1 fully saturated rings. The predicted molar refractivity (Wildman–Crippen MR) is 380 cm³/mol. The van der Waals surface area contributed by atoms with Crippen molar-refractivity contribution in [1.29, 1.82) is 0 Å². The Morgan fingerprint density at radius 2 is 1.02 bits per heavy atom. The molecule has 612 valence electrons. The Balaban J connectivity index is 1.95. The zero-order valence-corrected chi connectivity index (χ0v) is 63.0. The van der Waals surface area contributed by atoms with Crippen LogP contribution >= 0.6 is 11.8 Å². The number of carboxylic acids is 3. The molecular formula is C68H99N11O30S. The van der Waals surface area contributed by atoms with Crippen LogP contribution in [0.3, 0.4) is 0 Å². The molecule has 3 rings (SSSR count). The third-order valence-corrected chi connectivity index (χ3v) is 17.3. The zero-order chi connectivity index (χ0) is 82.6. The van der Waals surface area contributed by atoms with Crippen molar-refractivity contribution < 1.29 is 145 Å². The molecule has 2 aromatic rings. The number of methoxy groups -OCH3 is 3. The van der Waals surface area contributed by atoms with E-state index in [-0.39, 0.29) is 6.42 Å². The van der Waals surface area contributed by atoms with Gasteiger partial charge in [-0.3, -0.25) is 71.9 Å². The second-order valence-corrected chi connectivity index (χ2v) is 26.4. The van der Waals surface area contributed by atoms with Gasteiger partial charge in [-0.25, -0.2) is 4.79 Å². The first-order valence-electron chi connectivity index (χ1n) is 34.3. The Morgan fingerprint density at radius 1 is 0.545 bits per heavy atom. The molecule has 0 aliphatic carbocycles. The molecule has 1 aliphatic rings. The monoisotopic (exact) mass is 1580 g/mol. The molecule has 42 heteroatoms. The van der Waals surface area contributed by atoms with E-state index in [2.05, 4.69) is 47.9 Å². The third kappa shape index (κ3) is 32.3. The van der Waals surface area contributed by atoms with E-state index < -0.39 is 263 Å². The lowest BCUT2D eigenvalue weighted by Gasteiger charge is -2.46. The topological polar surface area (TPSA) is 615 Å². The number of hydrogen-bond acceptors (Lipinski definition) is 29. The molecule has 0 radical (unpaired) electrons. The highest BCUT2D eigenvalue weighted by molar-refractivity contribution is 7.98. The summed E-state index contributed by atoms with van der Waals surface area (Å²) in [7, 11) is 4.47. The third-order valence-electron chi connectivity index (χ3n) is 16.2. The Kier molecular flexibility index (Phi) is 40.4. The van der Waals surface area contributed by atoms with Gasteiger partial charge in [0.05, 0.1) is 53.8 Å². The molecule has 2 aromatic carbocycles. The summed E-state index contributed by atoms with van der Waals surface area (Å²) in [6.07, 6.45) is -13.9. The molecule has 0 spiro atoms. The number of hydrogen-bond donors (Lipinski definition) is 17. The first-order valence-corrected chi connectivity index (χ1v) is 35.5. The van der Waals surface area contributed by atoms with Crippen LogP contribution in [0.1, 0.15) is 111 Å². The number of carbonyl (C=O) groups is 16. The first kappa shape index (κ1) is 93.7. The standard InChI is InChI=1S/C68H99N11O30S/c1-32(2)23-45(76-61(94)42(17-20-52(69)87)75-65(98)47(27-81)77-64(97)46(26-80)72-53(88)25-70-49(41-16-15-40(103-9)24-50(41)104-10)31-110-30-38-11-13-39(102-8)14-12-38)63(96)74-43(18-21-54(89)90)60(93)73-44(19-22-55(91)92)62(95)79-56(66(99)78-48(28-82)67(100)101)33(3)106-68-57(71-34(4)83)59(108-37(7)86)58(107-36(6)85)51(109-68)29-105-35(5)84/h11-16,24,32-33,42-49,51,56-59,68,70,80-82H,17-23,25-31H2,1-10H3,(H2,69,87)(H,71,83)(H,72,88)(H,73,93)(H,74,96)(H,75,98)(H,76,94)(H,77,97)(H,78,99)(H,79,95)(H,89,90)(H,91,92)(H,100,101)/t33-,42+,43+,44+,45+,46+,47+,48+,49?,51-,56+,57-,58+,59-,68+/m1/s1. The van der Waals surface area contributed by atoms with Crippen LogP contribution in [-0.2, 0) is 106 Å². The normalized spacial score (nSPS) is 17.9. The molecule has 18 N–H and O–H groups in total. The Morgan fingerprint density at radius 3 is 1.49 bits per heavy atom.